The molecular weight excluding hydrogens is 396 g/mol. The summed E-state index contributed by atoms with van der Waals surface area (Å²) in [6.45, 7) is 8.96. The molecule has 1 amide bonds. The van der Waals surface area contributed by atoms with Gasteiger partial charge >= 0.3 is 0 Å². The molecule has 1 aliphatic heterocycles. The third-order valence-electron chi connectivity index (χ3n) is 4.90. The summed E-state index contributed by atoms with van der Waals surface area (Å²) >= 11 is 9.61. The van der Waals surface area contributed by atoms with Crippen LogP contribution in [0, 0.1) is 13.8 Å². The first kappa shape index (κ1) is 18.4. The maximum atomic E-state index is 12.3. The highest BCUT2D eigenvalue weighted by atomic mass is 35.5. The molecule has 0 unspecified atom stereocenters. The average Bonchev–Trinajstić information content (AvgIpc) is 3.20. The summed E-state index contributed by atoms with van der Waals surface area (Å²) in [4.78, 5) is 21.1. The Hall–Kier alpha value is -1.95. The molecule has 27 heavy (non-hydrogen) atoms. The van der Waals surface area contributed by atoms with E-state index >= 15 is 0 Å². The summed E-state index contributed by atoms with van der Waals surface area (Å²) in [5.74, 6) is 0.0388. The minimum Gasteiger partial charge on any atom is -0.333 e. The van der Waals surface area contributed by atoms with E-state index in [9.17, 15) is 4.79 Å². The number of thiophene rings is 1. The molecule has 1 aliphatic rings. The maximum Gasteiger partial charge on any atom is 0.246 e. The normalized spacial score (nSPS) is 16.3. The van der Waals surface area contributed by atoms with E-state index in [0.717, 1.165) is 19.9 Å². The van der Waals surface area contributed by atoms with Gasteiger partial charge < -0.3 is 4.90 Å². The lowest BCUT2D eigenvalue weighted by Gasteiger charge is -2.33. The summed E-state index contributed by atoms with van der Waals surface area (Å²) in [5, 5.41) is 1.06. The molecule has 1 atom stereocenters. The highest BCUT2D eigenvalue weighted by Gasteiger charge is 2.32. The van der Waals surface area contributed by atoms with Crippen LogP contribution in [-0.2, 0) is 11.3 Å². The van der Waals surface area contributed by atoms with Crippen LogP contribution in [-0.4, -0.2) is 22.3 Å². The fraction of sp³-hybridized carbons (Fsp3) is 0.238. The van der Waals surface area contributed by atoms with Gasteiger partial charge in [0.1, 0.15) is 0 Å². The molecule has 0 spiro atoms. The van der Waals surface area contributed by atoms with Gasteiger partial charge in [0.05, 0.1) is 26.5 Å². The lowest BCUT2D eigenvalue weighted by Crippen LogP contribution is -2.37. The van der Waals surface area contributed by atoms with Gasteiger partial charge in [-0.15, -0.1) is 22.7 Å². The number of fused-ring (bicyclic) bond motifs is 1. The van der Waals surface area contributed by atoms with Crippen molar-refractivity contribution in [3.8, 4) is 10.4 Å². The zero-order chi connectivity index (χ0) is 19.1. The molecule has 2 aromatic heterocycles. The molecular formula is C21H19ClN2OS2. The van der Waals surface area contributed by atoms with Gasteiger partial charge in [0.15, 0.2) is 0 Å². The molecule has 4 rings (SSSR count). The number of nitrogens with zero attached hydrogens (tertiary/aromatic N) is 2. The van der Waals surface area contributed by atoms with Crippen molar-refractivity contribution < 1.29 is 4.79 Å². The number of carbonyl (C=O) groups excluding carboxylic acids is 1. The minimum atomic E-state index is -0.0440. The van der Waals surface area contributed by atoms with E-state index in [1.54, 1.807) is 22.7 Å². The van der Waals surface area contributed by atoms with Crippen molar-refractivity contribution in [2.24, 2.45) is 0 Å². The van der Waals surface area contributed by atoms with Gasteiger partial charge in [-0.1, -0.05) is 42.4 Å². The number of hydrogen-bond acceptors (Lipinski definition) is 4. The smallest absolute Gasteiger partial charge is 0.246 e. The quantitative estimate of drug-likeness (QED) is 0.507. The van der Waals surface area contributed by atoms with Crippen molar-refractivity contribution in [2.75, 3.05) is 6.54 Å². The van der Waals surface area contributed by atoms with Crippen LogP contribution >= 0.6 is 34.3 Å². The SMILES string of the molecule is C=CC(=O)N1Cc2sc(Cl)cc2[C@H](c2ccccc2-c2sc(C)nc2C)C1. The Morgan fingerprint density at radius 3 is 2.78 bits per heavy atom. The van der Waals surface area contributed by atoms with Gasteiger partial charge in [0, 0.05) is 17.3 Å². The predicted octanol–water partition coefficient (Wildman–Crippen LogP) is 5.80. The van der Waals surface area contributed by atoms with Crippen LogP contribution in [0.2, 0.25) is 4.34 Å². The van der Waals surface area contributed by atoms with Crippen molar-refractivity contribution in [3.63, 3.8) is 0 Å². The summed E-state index contributed by atoms with van der Waals surface area (Å²) < 4.78 is 0.764. The number of rotatable bonds is 3. The Morgan fingerprint density at radius 2 is 2.07 bits per heavy atom. The Bertz CT molecular complexity index is 1040. The first-order chi connectivity index (χ1) is 13.0. The van der Waals surface area contributed by atoms with Gasteiger partial charge in [0.25, 0.3) is 0 Å². The number of carbonyl (C=O) groups is 1. The van der Waals surface area contributed by atoms with E-state index in [0.29, 0.717) is 13.1 Å². The van der Waals surface area contributed by atoms with E-state index < -0.39 is 0 Å². The number of thiazole rings is 1. The van der Waals surface area contributed by atoms with Crippen molar-refractivity contribution >= 4 is 40.2 Å². The molecule has 3 nitrogen and oxygen atoms in total. The number of hydrogen-bond donors (Lipinski definition) is 0. The third-order valence-corrected chi connectivity index (χ3v) is 7.27. The second-order valence-electron chi connectivity index (χ2n) is 6.64. The number of aromatic nitrogens is 1. The van der Waals surface area contributed by atoms with E-state index in [4.69, 9.17) is 11.6 Å². The van der Waals surface area contributed by atoms with Crippen LogP contribution < -0.4 is 0 Å². The second-order valence-corrected chi connectivity index (χ2v) is 9.61. The highest BCUT2D eigenvalue weighted by Crippen LogP contribution is 2.44. The van der Waals surface area contributed by atoms with Crippen LogP contribution in [0.3, 0.4) is 0 Å². The molecule has 0 aliphatic carbocycles. The van der Waals surface area contributed by atoms with Gasteiger partial charge in [0.2, 0.25) is 5.91 Å². The number of halogens is 1. The largest absolute Gasteiger partial charge is 0.333 e. The lowest BCUT2D eigenvalue weighted by atomic mass is 9.85. The van der Waals surface area contributed by atoms with Gasteiger partial charge in [-0.3, -0.25) is 4.79 Å². The van der Waals surface area contributed by atoms with Crippen LogP contribution in [0.5, 0.6) is 0 Å². The van der Waals surface area contributed by atoms with Crippen LogP contribution in [0.1, 0.15) is 32.6 Å². The van der Waals surface area contributed by atoms with Gasteiger partial charge in [-0.25, -0.2) is 4.98 Å². The summed E-state index contributed by atoms with van der Waals surface area (Å²) in [7, 11) is 0. The molecule has 0 saturated carbocycles. The predicted molar refractivity (Wildman–Crippen MR) is 114 cm³/mol. The van der Waals surface area contributed by atoms with Crippen LogP contribution in [0.15, 0.2) is 43.0 Å². The highest BCUT2D eigenvalue weighted by molar-refractivity contribution is 7.16. The van der Waals surface area contributed by atoms with Crippen LogP contribution in [0.25, 0.3) is 10.4 Å². The molecule has 0 bridgehead atoms. The minimum absolute atomic E-state index is 0.0440. The van der Waals surface area contributed by atoms with Crippen LogP contribution in [0.4, 0.5) is 0 Å². The number of benzene rings is 1. The standard InChI is InChI=1S/C21H19ClN2OS2/c1-4-20(25)24-10-17(16-9-19(22)27-18(16)11-24)14-7-5-6-8-15(14)21-12(2)23-13(3)26-21/h4-9,17H,1,10-11H2,2-3H3/t17-/m0/s1. The van der Waals surface area contributed by atoms with Crippen molar-refractivity contribution in [1.82, 2.24) is 9.88 Å². The molecule has 0 fully saturated rings. The first-order valence-electron chi connectivity index (χ1n) is 8.70. The van der Waals surface area contributed by atoms with Crippen molar-refractivity contribution in [1.29, 1.82) is 0 Å². The van der Waals surface area contributed by atoms with E-state index in [2.05, 4.69) is 48.8 Å². The molecule has 138 valence electrons. The zero-order valence-corrected chi connectivity index (χ0v) is 17.5. The van der Waals surface area contributed by atoms with Crippen molar-refractivity contribution in [3.05, 3.63) is 74.0 Å². The third kappa shape index (κ3) is 3.35. The molecule has 0 N–H and O–H groups in total. The lowest BCUT2D eigenvalue weighted by molar-refractivity contribution is -0.127. The number of aryl methyl sites for hydroxylation is 2. The van der Waals surface area contributed by atoms with Crippen molar-refractivity contribution in [2.45, 2.75) is 26.3 Å². The molecule has 3 heterocycles. The Morgan fingerprint density at radius 1 is 1.30 bits per heavy atom. The van der Waals surface area contributed by atoms with E-state index in [1.807, 2.05) is 11.8 Å². The summed E-state index contributed by atoms with van der Waals surface area (Å²) in [6.07, 6.45) is 1.39. The fourth-order valence-corrected chi connectivity index (χ4v) is 6.06. The summed E-state index contributed by atoms with van der Waals surface area (Å²) in [6, 6.07) is 10.5. The average molecular weight is 415 g/mol. The monoisotopic (exact) mass is 414 g/mol. The van der Waals surface area contributed by atoms with E-state index in [-0.39, 0.29) is 11.8 Å². The second kappa shape index (κ2) is 7.23. The molecule has 3 aromatic rings. The molecule has 6 heteroatoms. The van der Waals surface area contributed by atoms with Gasteiger partial charge in [-0.05, 0) is 42.7 Å². The first-order valence-corrected chi connectivity index (χ1v) is 10.7. The fourth-order valence-electron chi connectivity index (χ4n) is 3.74. The Labute approximate surface area is 171 Å². The van der Waals surface area contributed by atoms with Gasteiger partial charge in [-0.2, -0.15) is 0 Å². The number of amides is 1. The Kier molecular flexibility index (Phi) is 4.93. The zero-order valence-electron chi connectivity index (χ0n) is 15.2. The summed E-state index contributed by atoms with van der Waals surface area (Å²) in [5.41, 5.74) is 4.67. The molecule has 0 radical (unpaired) electrons. The maximum absolute atomic E-state index is 12.3. The topological polar surface area (TPSA) is 33.2 Å². The molecule has 1 aromatic carbocycles. The molecule has 0 saturated heterocycles. The Balaban J connectivity index is 1.86. The van der Waals surface area contributed by atoms with E-state index in [1.165, 1.54) is 27.6 Å².